The average molecular weight is 745 g/mol. The van der Waals surface area contributed by atoms with E-state index in [0.717, 1.165) is 5.56 Å². The van der Waals surface area contributed by atoms with Crippen LogP contribution in [0.15, 0.2) is 210 Å². The first-order chi connectivity index (χ1) is 36.2. The van der Waals surface area contributed by atoms with Gasteiger partial charge in [0.25, 0.3) is 0 Å². The van der Waals surface area contributed by atoms with E-state index in [1.54, 1.807) is 60.7 Å². The number of hydrogen-bond donors (Lipinski definition) is 0. The van der Waals surface area contributed by atoms with Crippen molar-refractivity contribution in [2.45, 2.75) is 5.92 Å². The van der Waals surface area contributed by atoms with E-state index < -0.39 is 121 Å². The molecule has 1 aliphatic carbocycles. The average Bonchev–Trinajstić information content (AvgIpc) is 4.10. The summed E-state index contributed by atoms with van der Waals surface area (Å²) in [5.41, 5.74) is 1.49. The maximum atomic E-state index is 10.3. The molecule has 0 bridgehead atoms. The molecule has 266 valence electrons. The number of rotatable bonds is 5. The molecular weight excluding hydrogens is 691 g/mol. The van der Waals surface area contributed by atoms with Crippen molar-refractivity contribution in [3.63, 3.8) is 0 Å². The lowest BCUT2D eigenvalue weighted by Crippen LogP contribution is -2.00. The van der Waals surface area contributed by atoms with Crippen molar-refractivity contribution < 1.29 is 30.5 Å². The van der Waals surface area contributed by atoms with Crippen LogP contribution in [0.2, 0.25) is 0 Å². The molecule has 1 unspecified atom stereocenters. The molecule has 0 saturated heterocycles. The zero-order chi connectivity index (χ0) is 54.0. The maximum Gasteiger partial charge on any atom is 0.136 e. The zero-order valence-electron chi connectivity index (χ0n) is 48.6. The smallest absolute Gasteiger partial charge is 0.136 e. The molecule has 1 atom stereocenters. The minimum absolute atomic E-state index is 0.0137. The van der Waals surface area contributed by atoms with Crippen LogP contribution in [0.4, 0.5) is 0 Å². The summed E-state index contributed by atoms with van der Waals surface area (Å²) < 4.78 is 182. The standard InChI is InChI=1S/C55H35NO/c1-3-15-35(16-4-1)39-19-7-8-20-41(39)43-25-13-26-46-53(44-22-9-10-23-45(44)54(43)46)37-29-31-50-47(33-37)42-21-11-12-27-49(42)56(50)38-30-32-51-48(34-38)55-40(24-14-28-52(55)57-51)36-17-5-2-6-18-36/h1-34,53H/i2D,5D,6D,9D,10D,11D,12D,13D,17D,18D,21D,22D,23D,25D,26D,27D,29D,31D,33D. The molecule has 9 aromatic carbocycles. The van der Waals surface area contributed by atoms with Gasteiger partial charge in [-0.05, 0) is 104 Å². The second-order valence-corrected chi connectivity index (χ2v) is 13.7. The first-order valence-electron chi connectivity index (χ1n) is 27.7. The number of hydrogen-bond acceptors (Lipinski definition) is 1. The minimum atomic E-state index is -1.62. The summed E-state index contributed by atoms with van der Waals surface area (Å²) in [6.45, 7) is 0. The third-order valence-electron chi connectivity index (χ3n) is 10.7. The first kappa shape index (κ1) is 18.5. The Balaban J connectivity index is 1.20. The van der Waals surface area contributed by atoms with Crippen molar-refractivity contribution >= 4 is 43.7 Å². The second-order valence-electron chi connectivity index (χ2n) is 13.7. The number of benzene rings is 9. The van der Waals surface area contributed by atoms with Crippen LogP contribution >= 0.6 is 0 Å². The Hall–Kier alpha value is -7.42. The molecule has 2 heteroatoms. The lowest BCUT2D eigenvalue weighted by atomic mass is 9.86. The van der Waals surface area contributed by atoms with Crippen molar-refractivity contribution in [1.82, 2.24) is 4.57 Å². The fourth-order valence-corrected chi connectivity index (χ4v) is 8.32. The van der Waals surface area contributed by atoms with Crippen molar-refractivity contribution in [3.05, 3.63) is 222 Å². The molecule has 0 amide bonds. The number of fused-ring (bicyclic) bond motifs is 9. The van der Waals surface area contributed by atoms with Crippen LogP contribution in [0.1, 0.15) is 48.7 Å². The van der Waals surface area contributed by atoms with Gasteiger partial charge in [-0.15, -0.1) is 0 Å². The van der Waals surface area contributed by atoms with Crippen molar-refractivity contribution in [1.29, 1.82) is 0 Å². The number of furan rings is 1. The highest BCUT2D eigenvalue weighted by Crippen LogP contribution is 2.53. The molecule has 2 aromatic heterocycles. The van der Waals surface area contributed by atoms with E-state index in [4.69, 9.17) is 16.8 Å². The Morgan fingerprint density at radius 3 is 2.11 bits per heavy atom. The quantitative estimate of drug-likeness (QED) is 0.172. The van der Waals surface area contributed by atoms with Gasteiger partial charge < -0.3 is 8.98 Å². The SMILES string of the molecule is [2H]c1c([2H])c([2H])c(-c2cccc3oc4ccc(-n5c6c([2H])c([2H])c([2H])c([2H])c6c6c([2H])c(C7c8c([2H])c([2H])c([2H])c([2H])c8-c8c(-c9ccccc9-c9ccccc9)c([2H])c([2H])c([2H])c87)c([2H])c([2H])c65)cc4c23)c([2H])c1[2H]. The molecule has 0 aliphatic heterocycles. The van der Waals surface area contributed by atoms with Crippen LogP contribution in [-0.4, -0.2) is 4.57 Å². The van der Waals surface area contributed by atoms with E-state index >= 15 is 0 Å². The van der Waals surface area contributed by atoms with E-state index in [9.17, 15) is 13.7 Å². The van der Waals surface area contributed by atoms with E-state index in [0.29, 0.717) is 21.9 Å². The van der Waals surface area contributed by atoms with Crippen molar-refractivity contribution in [2.24, 2.45) is 0 Å². The number of aromatic nitrogens is 1. The molecule has 11 aromatic rings. The molecular formula is C55H35NO. The van der Waals surface area contributed by atoms with Gasteiger partial charge >= 0.3 is 0 Å². The highest BCUT2D eigenvalue weighted by atomic mass is 16.3. The van der Waals surface area contributed by atoms with Gasteiger partial charge in [-0.25, -0.2) is 0 Å². The molecule has 1 aliphatic rings. The normalized spacial score (nSPS) is 18.1. The number of para-hydroxylation sites is 1. The van der Waals surface area contributed by atoms with E-state index in [-0.39, 0.29) is 83.2 Å². The van der Waals surface area contributed by atoms with E-state index in [2.05, 4.69) is 0 Å². The molecule has 2 heterocycles. The van der Waals surface area contributed by atoms with Gasteiger partial charge in [-0.3, -0.25) is 0 Å². The Kier molecular flexibility index (Phi) is 4.07. The molecule has 0 N–H and O–H groups in total. The van der Waals surface area contributed by atoms with Gasteiger partial charge in [-0.2, -0.15) is 0 Å². The topological polar surface area (TPSA) is 18.1 Å². The fraction of sp³-hybridized carbons (Fsp3) is 0.0182. The second kappa shape index (κ2) is 12.6. The van der Waals surface area contributed by atoms with Crippen molar-refractivity contribution in [3.8, 4) is 50.2 Å². The fourth-order valence-electron chi connectivity index (χ4n) is 8.32. The van der Waals surface area contributed by atoms with Crippen LogP contribution in [0.3, 0.4) is 0 Å². The first-order valence-corrected chi connectivity index (χ1v) is 18.2. The summed E-state index contributed by atoms with van der Waals surface area (Å²) in [6.07, 6.45) is 0. The highest BCUT2D eigenvalue weighted by molar-refractivity contribution is 6.14. The third kappa shape index (κ3) is 4.84. The van der Waals surface area contributed by atoms with Gasteiger partial charge in [0.05, 0.1) is 37.1 Å². The lowest BCUT2D eigenvalue weighted by molar-refractivity contribution is 0.669. The summed E-state index contributed by atoms with van der Waals surface area (Å²) in [6, 6.07) is 14.7. The Morgan fingerprint density at radius 1 is 0.456 bits per heavy atom. The minimum Gasteiger partial charge on any atom is -0.456 e. The van der Waals surface area contributed by atoms with Gasteiger partial charge in [-0.1, -0.05) is 163 Å². The van der Waals surface area contributed by atoms with E-state index in [1.165, 1.54) is 4.57 Å². The largest absolute Gasteiger partial charge is 0.456 e. The summed E-state index contributed by atoms with van der Waals surface area (Å²) >= 11 is 0. The molecule has 0 saturated carbocycles. The molecule has 0 spiro atoms. The predicted molar refractivity (Wildman–Crippen MR) is 237 cm³/mol. The van der Waals surface area contributed by atoms with E-state index in [1.807, 2.05) is 30.3 Å². The summed E-state index contributed by atoms with van der Waals surface area (Å²) in [5, 5.41) is 0.223. The van der Waals surface area contributed by atoms with Crippen molar-refractivity contribution in [2.75, 3.05) is 0 Å². The Morgan fingerprint density at radius 2 is 1.19 bits per heavy atom. The molecule has 57 heavy (non-hydrogen) atoms. The van der Waals surface area contributed by atoms with Gasteiger partial charge in [0.1, 0.15) is 11.2 Å². The highest BCUT2D eigenvalue weighted by Gasteiger charge is 2.32. The van der Waals surface area contributed by atoms with Crippen LogP contribution in [0.25, 0.3) is 93.9 Å². The summed E-state index contributed by atoms with van der Waals surface area (Å²) in [5.74, 6) is -1.62. The predicted octanol–water partition coefficient (Wildman–Crippen LogP) is 14.8. The third-order valence-corrected chi connectivity index (χ3v) is 10.7. The molecule has 0 radical (unpaired) electrons. The van der Waals surface area contributed by atoms with Crippen LogP contribution in [0, 0.1) is 0 Å². The molecule has 0 fully saturated rings. The molecule has 2 nitrogen and oxygen atoms in total. The van der Waals surface area contributed by atoms with Crippen LogP contribution < -0.4 is 0 Å². The zero-order valence-corrected chi connectivity index (χ0v) is 29.6. The number of nitrogens with zero attached hydrogens (tertiary/aromatic N) is 1. The summed E-state index contributed by atoms with van der Waals surface area (Å²) in [7, 11) is 0. The Labute approximate surface area is 357 Å². The Bertz CT molecular complexity index is 4440. The van der Waals surface area contributed by atoms with Gasteiger partial charge in [0.15, 0.2) is 0 Å². The maximum absolute atomic E-state index is 10.3. The van der Waals surface area contributed by atoms with Crippen LogP contribution in [-0.2, 0) is 0 Å². The van der Waals surface area contributed by atoms with Gasteiger partial charge in [0, 0.05) is 33.2 Å². The molecule has 12 rings (SSSR count). The monoisotopic (exact) mass is 744 g/mol. The summed E-state index contributed by atoms with van der Waals surface area (Å²) in [4.78, 5) is 0. The lowest BCUT2D eigenvalue weighted by Gasteiger charge is -2.17. The van der Waals surface area contributed by atoms with Gasteiger partial charge in [0.2, 0.25) is 0 Å². The van der Waals surface area contributed by atoms with Crippen LogP contribution in [0.5, 0.6) is 0 Å².